The van der Waals surface area contributed by atoms with Gasteiger partial charge in [0.1, 0.15) is 28.7 Å². The van der Waals surface area contributed by atoms with E-state index in [2.05, 4.69) is 15.2 Å². The molecule has 6 aromatic heterocycles. The van der Waals surface area contributed by atoms with Gasteiger partial charge < -0.3 is 14.2 Å². The van der Waals surface area contributed by atoms with Crippen molar-refractivity contribution in [2.45, 2.75) is 95.2 Å². The van der Waals surface area contributed by atoms with Crippen LogP contribution in [0.4, 0.5) is 8.78 Å². The fourth-order valence-electron chi connectivity index (χ4n) is 11.2. The highest BCUT2D eigenvalue weighted by Gasteiger charge is 2.59. The largest absolute Gasteiger partial charge is 0.438 e. The highest BCUT2D eigenvalue weighted by atomic mass is 19.1. The number of benzene rings is 2. The molecule has 2 aliphatic heterocycles. The number of halogens is 2. The number of rotatable bonds is 8. The molecule has 13 rings (SSSR count). The van der Waals surface area contributed by atoms with Crippen molar-refractivity contribution >= 4 is 27.8 Å². The van der Waals surface area contributed by atoms with Crippen LogP contribution in [-0.2, 0) is 29.5 Å². The van der Waals surface area contributed by atoms with Gasteiger partial charge in [-0.25, -0.2) is 33.0 Å². The molecular formula is C47H44F2N12O5. The van der Waals surface area contributed by atoms with Crippen LogP contribution in [0.25, 0.3) is 39.1 Å². The van der Waals surface area contributed by atoms with Crippen molar-refractivity contribution in [2.75, 3.05) is 19.8 Å². The van der Waals surface area contributed by atoms with Gasteiger partial charge in [-0.1, -0.05) is 12.1 Å². The third-order valence-electron chi connectivity index (χ3n) is 14.9. The number of hydrogen-bond acceptors (Lipinski definition) is 10. The maximum atomic E-state index is 16.4. The normalized spacial score (nSPS) is 21.8. The summed E-state index contributed by atoms with van der Waals surface area (Å²) in [4.78, 5) is 57.2. The zero-order valence-electron chi connectivity index (χ0n) is 36.2. The maximum Gasteiger partial charge on any atom is 0.438 e. The molecule has 3 fully saturated rings. The molecule has 0 bridgehead atoms. The molecule has 1 N–H and O–H groups in total. The molecule has 66 heavy (non-hydrogen) atoms. The van der Waals surface area contributed by atoms with Gasteiger partial charge >= 0.3 is 11.4 Å². The lowest BCUT2D eigenvalue weighted by atomic mass is 9.98. The predicted molar refractivity (Wildman–Crippen MR) is 233 cm³/mol. The molecule has 8 aromatic rings. The molecule has 3 aliphatic carbocycles. The van der Waals surface area contributed by atoms with Crippen LogP contribution in [0.5, 0.6) is 0 Å². The van der Waals surface area contributed by atoms with E-state index in [-0.39, 0.29) is 41.8 Å². The molecule has 17 nitrogen and oxygen atoms in total. The van der Waals surface area contributed by atoms with E-state index in [9.17, 15) is 9.59 Å². The summed E-state index contributed by atoms with van der Waals surface area (Å²) >= 11 is 0. The second kappa shape index (κ2) is 14.2. The van der Waals surface area contributed by atoms with Gasteiger partial charge in [-0.05, 0) is 106 Å². The van der Waals surface area contributed by atoms with Crippen molar-refractivity contribution in [1.82, 2.24) is 58.3 Å². The fraction of sp³-hybridized carbons (Fsp3) is 0.404. The first kappa shape index (κ1) is 39.4. The molecule has 0 spiro atoms. The summed E-state index contributed by atoms with van der Waals surface area (Å²) in [6.07, 6.45) is 12.8. The number of carbonyl (C=O) groups is 1. The molecule has 0 unspecified atom stereocenters. The van der Waals surface area contributed by atoms with E-state index in [4.69, 9.17) is 24.3 Å². The first-order valence-corrected chi connectivity index (χ1v) is 22.8. The zero-order valence-corrected chi connectivity index (χ0v) is 36.2. The molecule has 5 aliphatic rings. The van der Waals surface area contributed by atoms with Crippen LogP contribution in [0.2, 0.25) is 0 Å². The van der Waals surface area contributed by atoms with Gasteiger partial charge in [-0.3, -0.25) is 28.1 Å². The van der Waals surface area contributed by atoms with E-state index in [0.717, 1.165) is 37.7 Å². The van der Waals surface area contributed by atoms with Gasteiger partial charge in [0.05, 0.1) is 63.5 Å². The Kier molecular flexibility index (Phi) is 8.49. The van der Waals surface area contributed by atoms with Crippen molar-refractivity contribution in [3.05, 3.63) is 128 Å². The molecule has 19 heteroatoms. The number of nitrogens with zero attached hydrogens (tertiary/aromatic N) is 11. The van der Waals surface area contributed by atoms with E-state index in [0.29, 0.717) is 107 Å². The number of ether oxygens (including phenoxy) is 1. The Hall–Kier alpha value is -7.02. The Labute approximate surface area is 373 Å². The highest BCUT2D eigenvalue weighted by Crippen LogP contribution is 2.56. The van der Waals surface area contributed by atoms with E-state index in [1.807, 2.05) is 23.1 Å². The number of imidazole rings is 1. The number of hydrogen-bond donors (Lipinski definition) is 1. The summed E-state index contributed by atoms with van der Waals surface area (Å²) < 4.78 is 50.5. The number of aromatic nitrogens is 11. The van der Waals surface area contributed by atoms with Gasteiger partial charge in [0.2, 0.25) is 0 Å². The summed E-state index contributed by atoms with van der Waals surface area (Å²) in [5, 5.41) is 14.1. The predicted octanol–water partition coefficient (Wildman–Crippen LogP) is 6.12. The van der Waals surface area contributed by atoms with Crippen molar-refractivity contribution in [3.8, 4) is 17.2 Å². The van der Waals surface area contributed by atoms with E-state index < -0.39 is 28.8 Å². The quantitative estimate of drug-likeness (QED) is 0.187. The third kappa shape index (κ3) is 5.64. The second-order valence-electron chi connectivity index (χ2n) is 18.6. The van der Waals surface area contributed by atoms with Gasteiger partial charge in [0.15, 0.2) is 11.6 Å². The number of aromatic amines is 1. The standard InChI is InChI=1S/C47H44F2N12O5/c1-24-21-47(24,44-53-45(63)66-55-44)59-37(20-33-38(59)23-50-41(52-33)26-13-18-65-19-14-26)43(62)56-15-12-32-39(25(56)2)42(61(54-32)34-9-8-31(48)28-4-3-5-29(28)34)58-17-16-57(46(58)64)36-11-10-35-30(40(36)49)22-51-60(35)27-6-7-27/h8-11,16-17,20,22-27H,3-7,12-15,18-19,21H2,1-2H3,(H,53,55,63)/t24-,25-,47-/m0/s1. The van der Waals surface area contributed by atoms with E-state index >= 15 is 13.6 Å². The summed E-state index contributed by atoms with van der Waals surface area (Å²) in [6.45, 7) is 5.45. The van der Waals surface area contributed by atoms with Crippen LogP contribution in [0.1, 0.15) is 115 Å². The minimum atomic E-state index is -0.920. The SMILES string of the molecule is C[C@H]1c2c(nn(-c3ccc(F)c4c3CCC4)c2-n2ccn(-c3ccc4c(cnn4C4CC4)c3F)c2=O)CCN1C(=O)c1cc2nc(C3CCOCC3)ncc2n1[C@@]1(c2noc(=O)[nH]2)C[C@@H]1C. The zero-order chi connectivity index (χ0) is 44.7. The number of H-pyrrole nitrogens is 1. The summed E-state index contributed by atoms with van der Waals surface area (Å²) in [5.74, 6) is -0.427. The number of fused-ring (bicyclic) bond motifs is 4. The van der Waals surface area contributed by atoms with Crippen LogP contribution in [-0.4, -0.2) is 83.9 Å². The van der Waals surface area contributed by atoms with Crippen molar-refractivity contribution in [1.29, 1.82) is 0 Å². The van der Waals surface area contributed by atoms with E-state index in [1.54, 1.807) is 46.2 Å². The van der Waals surface area contributed by atoms with Crippen molar-refractivity contribution in [2.24, 2.45) is 5.92 Å². The minimum absolute atomic E-state index is 0.0425. The lowest BCUT2D eigenvalue weighted by Crippen LogP contribution is -2.41. The topological polar surface area (TPSA) is 182 Å². The second-order valence-corrected chi connectivity index (χ2v) is 18.6. The summed E-state index contributed by atoms with van der Waals surface area (Å²) in [7, 11) is 0. The van der Waals surface area contributed by atoms with Crippen LogP contribution >= 0.6 is 0 Å². The molecule has 1 saturated heterocycles. The first-order chi connectivity index (χ1) is 32.1. The van der Waals surface area contributed by atoms with Gasteiger partial charge in [-0.15, -0.1) is 0 Å². The monoisotopic (exact) mass is 894 g/mol. The Morgan fingerprint density at radius 1 is 0.924 bits per heavy atom. The molecular weight excluding hydrogens is 851 g/mol. The smallest absolute Gasteiger partial charge is 0.381 e. The summed E-state index contributed by atoms with van der Waals surface area (Å²) in [5.41, 5.74) is 4.19. The number of nitrogens with one attached hydrogen (secondary N) is 1. The maximum absolute atomic E-state index is 16.4. The van der Waals surface area contributed by atoms with Gasteiger partial charge in [-0.2, -0.15) is 10.2 Å². The van der Waals surface area contributed by atoms with Crippen molar-refractivity contribution in [3.63, 3.8) is 0 Å². The van der Waals surface area contributed by atoms with Gasteiger partial charge in [0.25, 0.3) is 5.91 Å². The lowest BCUT2D eigenvalue weighted by Gasteiger charge is -2.34. The molecule has 2 saturated carbocycles. The van der Waals surface area contributed by atoms with Crippen molar-refractivity contribution < 1.29 is 22.8 Å². The average molecular weight is 895 g/mol. The number of carbonyl (C=O) groups excluding carboxylic acids is 1. The van der Waals surface area contributed by atoms with Crippen LogP contribution < -0.4 is 11.4 Å². The Morgan fingerprint density at radius 2 is 1.71 bits per heavy atom. The first-order valence-electron chi connectivity index (χ1n) is 22.8. The third-order valence-corrected chi connectivity index (χ3v) is 14.9. The average Bonchev–Trinajstić information content (AvgIpc) is 3.74. The summed E-state index contributed by atoms with van der Waals surface area (Å²) in [6, 6.07) is 7.93. The molecule has 336 valence electrons. The Morgan fingerprint density at radius 3 is 2.48 bits per heavy atom. The Balaban J connectivity index is 0.957. The molecule has 1 amide bonds. The Bertz CT molecular complexity index is 3450. The lowest BCUT2D eigenvalue weighted by molar-refractivity contribution is 0.0663. The number of amides is 1. The minimum Gasteiger partial charge on any atom is -0.381 e. The van der Waals surface area contributed by atoms with Gasteiger partial charge in [0, 0.05) is 50.1 Å². The fourth-order valence-corrected chi connectivity index (χ4v) is 11.2. The molecule has 8 heterocycles. The van der Waals surface area contributed by atoms with Crippen LogP contribution in [0.15, 0.2) is 69.2 Å². The van der Waals surface area contributed by atoms with Crippen LogP contribution in [0, 0.1) is 17.6 Å². The molecule has 3 atom stereocenters. The highest BCUT2D eigenvalue weighted by molar-refractivity contribution is 5.98. The molecule has 0 radical (unpaired) electrons. The van der Waals surface area contributed by atoms with Crippen LogP contribution in [0.3, 0.4) is 0 Å². The molecule has 2 aromatic carbocycles. The van der Waals surface area contributed by atoms with E-state index in [1.165, 1.54) is 27.6 Å².